The summed E-state index contributed by atoms with van der Waals surface area (Å²) in [5.74, 6) is -0.410. The Labute approximate surface area is 109 Å². The molecule has 5 nitrogen and oxygen atoms in total. The highest BCUT2D eigenvalue weighted by atomic mass is 16.1. The molecule has 0 spiro atoms. The number of rotatable bonds is 2. The molecule has 2 rings (SSSR count). The smallest absolute Gasteiger partial charge is 0.257 e. The van der Waals surface area contributed by atoms with Gasteiger partial charge in [-0.3, -0.25) is 9.78 Å². The first kappa shape index (κ1) is 12.3. The van der Waals surface area contributed by atoms with Gasteiger partial charge in [-0.25, -0.2) is 0 Å². The molecule has 1 aromatic heterocycles. The zero-order valence-electron chi connectivity index (χ0n) is 9.79. The van der Waals surface area contributed by atoms with E-state index in [1.165, 1.54) is 18.5 Å². The molecule has 19 heavy (non-hydrogen) atoms. The molecular formula is C14H8N4O. The SMILES string of the molecule is N#Cc1cncc(C(=O)Nc2ccccc2C#N)c1. The molecular weight excluding hydrogens is 240 g/mol. The number of carbonyl (C=O) groups is 1. The second-order valence-corrected chi connectivity index (χ2v) is 3.69. The largest absolute Gasteiger partial charge is 0.321 e. The van der Waals surface area contributed by atoms with Crippen LogP contribution in [0.2, 0.25) is 0 Å². The summed E-state index contributed by atoms with van der Waals surface area (Å²) in [6.07, 6.45) is 2.74. The Morgan fingerprint density at radius 3 is 2.68 bits per heavy atom. The van der Waals surface area contributed by atoms with Crippen molar-refractivity contribution in [2.24, 2.45) is 0 Å². The molecule has 0 saturated carbocycles. The van der Waals surface area contributed by atoms with Crippen LogP contribution in [-0.2, 0) is 0 Å². The van der Waals surface area contributed by atoms with Crippen LogP contribution in [0.1, 0.15) is 21.5 Å². The van der Waals surface area contributed by atoms with E-state index in [2.05, 4.69) is 10.3 Å². The molecule has 0 aliphatic rings. The number of nitrogens with one attached hydrogen (secondary N) is 1. The van der Waals surface area contributed by atoms with Crippen LogP contribution >= 0.6 is 0 Å². The van der Waals surface area contributed by atoms with Crippen molar-refractivity contribution in [1.82, 2.24) is 4.98 Å². The van der Waals surface area contributed by atoms with Gasteiger partial charge in [0.15, 0.2) is 0 Å². The minimum Gasteiger partial charge on any atom is -0.321 e. The monoisotopic (exact) mass is 248 g/mol. The molecule has 0 fully saturated rings. The van der Waals surface area contributed by atoms with Gasteiger partial charge in [0.05, 0.1) is 22.4 Å². The second kappa shape index (κ2) is 5.44. The van der Waals surface area contributed by atoms with Crippen molar-refractivity contribution in [2.45, 2.75) is 0 Å². The Hall–Kier alpha value is -3.18. The van der Waals surface area contributed by atoms with Crippen molar-refractivity contribution >= 4 is 11.6 Å². The van der Waals surface area contributed by atoms with E-state index in [-0.39, 0.29) is 5.56 Å². The number of hydrogen-bond acceptors (Lipinski definition) is 4. The third kappa shape index (κ3) is 2.74. The molecule has 5 heteroatoms. The number of pyridine rings is 1. The minimum absolute atomic E-state index is 0.270. The molecule has 0 radical (unpaired) electrons. The highest BCUT2D eigenvalue weighted by Crippen LogP contribution is 2.15. The van der Waals surface area contributed by atoms with Crippen LogP contribution < -0.4 is 5.32 Å². The second-order valence-electron chi connectivity index (χ2n) is 3.69. The van der Waals surface area contributed by atoms with Crippen LogP contribution in [0.5, 0.6) is 0 Å². The van der Waals surface area contributed by atoms with E-state index in [9.17, 15) is 4.79 Å². The lowest BCUT2D eigenvalue weighted by atomic mass is 10.1. The van der Waals surface area contributed by atoms with Crippen molar-refractivity contribution in [2.75, 3.05) is 5.32 Å². The number of hydrogen-bond donors (Lipinski definition) is 1. The number of amides is 1. The number of carbonyl (C=O) groups excluding carboxylic acids is 1. The first-order valence-electron chi connectivity index (χ1n) is 5.40. The van der Waals surface area contributed by atoms with Crippen LogP contribution in [0.25, 0.3) is 0 Å². The molecule has 0 saturated heterocycles. The normalized spacial score (nSPS) is 9.16. The first-order valence-corrected chi connectivity index (χ1v) is 5.40. The molecule has 1 aromatic carbocycles. The maximum absolute atomic E-state index is 12.0. The highest BCUT2D eigenvalue weighted by molar-refractivity contribution is 6.04. The molecule has 0 bridgehead atoms. The predicted octanol–water partition coefficient (Wildman–Crippen LogP) is 2.08. The van der Waals surface area contributed by atoms with Gasteiger partial charge >= 0.3 is 0 Å². The summed E-state index contributed by atoms with van der Waals surface area (Å²) in [4.78, 5) is 15.8. The maximum Gasteiger partial charge on any atom is 0.257 e. The van der Waals surface area contributed by atoms with Gasteiger partial charge in [-0.05, 0) is 18.2 Å². The Kier molecular flexibility index (Phi) is 3.51. The molecule has 0 aliphatic heterocycles. The number of nitrogens with zero attached hydrogens (tertiary/aromatic N) is 3. The summed E-state index contributed by atoms with van der Waals surface area (Å²) in [5.41, 5.74) is 1.38. The average Bonchev–Trinajstić information content (AvgIpc) is 2.47. The van der Waals surface area contributed by atoms with E-state index in [0.717, 1.165) is 0 Å². The van der Waals surface area contributed by atoms with Crippen LogP contribution in [-0.4, -0.2) is 10.9 Å². The van der Waals surface area contributed by atoms with Crippen LogP contribution in [0, 0.1) is 22.7 Å². The third-order valence-corrected chi connectivity index (χ3v) is 2.43. The van der Waals surface area contributed by atoms with Gasteiger partial charge in [-0.15, -0.1) is 0 Å². The molecule has 2 aromatic rings. The number of nitriles is 2. The van der Waals surface area contributed by atoms with Gasteiger partial charge in [-0.2, -0.15) is 10.5 Å². The van der Waals surface area contributed by atoms with E-state index >= 15 is 0 Å². The Bertz CT molecular complexity index is 710. The fraction of sp³-hybridized carbons (Fsp3) is 0. The van der Waals surface area contributed by atoms with E-state index in [1.54, 1.807) is 24.3 Å². The topological polar surface area (TPSA) is 89.6 Å². The van der Waals surface area contributed by atoms with E-state index in [1.807, 2.05) is 12.1 Å². The number of para-hydroxylation sites is 1. The summed E-state index contributed by atoms with van der Waals surface area (Å²) >= 11 is 0. The zero-order chi connectivity index (χ0) is 13.7. The summed E-state index contributed by atoms with van der Waals surface area (Å²) in [6, 6.07) is 12.0. The van der Waals surface area contributed by atoms with Crippen LogP contribution in [0.3, 0.4) is 0 Å². The summed E-state index contributed by atoms with van der Waals surface area (Å²) in [7, 11) is 0. The molecule has 0 atom stereocenters. The summed E-state index contributed by atoms with van der Waals surface area (Å²) < 4.78 is 0. The summed E-state index contributed by atoms with van der Waals surface area (Å²) in [6.45, 7) is 0. The van der Waals surface area contributed by atoms with Gasteiger partial charge in [0.1, 0.15) is 12.1 Å². The van der Waals surface area contributed by atoms with Gasteiger partial charge < -0.3 is 5.32 Å². The predicted molar refractivity (Wildman–Crippen MR) is 68.1 cm³/mol. The third-order valence-electron chi connectivity index (χ3n) is 2.43. The van der Waals surface area contributed by atoms with Gasteiger partial charge in [0, 0.05) is 12.4 Å². The van der Waals surface area contributed by atoms with Crippen molar-refractivity contribution in [3.63, 3.8) is 0 Å². The molecule has 1 amide bonds. The fourth-order valence-corrected chi connectivity index (χ4v) is 1.51. The lowest BCUT2D eigenvalue weighted by molar-refractivity contribution is 0.102. The number of aromatic nitrogens is 1. The molecule has 90 valence electrons. The van der Waals surface area contributed by atoms with Crippen molar-refractivity contribution < 1.29 is 4.79 Å². The van der Waals surface area contributed by atoms with Crippen molar-refractivity contribution in [3.8, 4) is 12.1 Å². The molecule has 1 N–H and O–H groups in total. The molecule has 0 unspecified atom stereocenters. The number of benzene rings is 1. The minimum atomic E-state index is -0.410. The maximum atomic E-state index is 12.0. The zero-order valence-corrected chi connectivity index (χ0v) is 9.79. The Balaban J connectivity index is 2.27. The number of anilines is 1. The van der Waals surface area contributed by atoms with Gasteiger partial charge in [0.25, 0.3) is 5.91 Å². The van der Waals surface area contributed by atoms with Crippen LogP contribution in [0.4, 0.5) is 5.69 Å². The van der Waals surface area contributed by atoms with Gasteiger partial charge in [0.2, 0.25) is 0 Å². The fourth-order valence-electron chi connectivity index (χ4n) is 1.51. The van der Waals surface area contributed by atoms with E-state index < -0.39 is 5.91 Å². The Morgan fingerprint density at radius 1 is 1.16 bits per heavy atom. The van der Waals surface area contributed by atoms with Gasteiger partial charge in [-0.1, -0.05) is 12.1 Å². The molecule has 0 aliphatic carbocycles. The van der Waals surface area contributed by atoms with E-state index in [0.29, 0.717) is 16.8 Å². The highest BCUT2D eigenvalue weighted by Gasteiger charge is 2.09. The van der Waals surface area contributed by atoms with E-state index in [4.69, 9.17) is 10.5 Å². The van der Waals surface area contributed by atoms with Crippen molar-refractivity contribution in [1.29, 1.82) is 10.5 Å². The molecule has 1 heterocycles. The quantitative estimate of drug-likeness (QED) is 0.880. The Morgan fingerprint density at radius 2 is 1.95 bits per heavy atom. The first-order chi connectivity index (χ1) is 9.24. The summed E-state index contributed by atoms with van der Waals surface area (Å²) in [5, 5.41) is 20.3. The lowest BCUT2D eigenvalue weighted by Crippen LogP contribution is -2.13. The van der Waals surface area contributed by atoms with Crippen molar-refractivity contribution in [3.05, 3.63) is 59.4 Å². The standard InChI is InChI=1S/C14H8N4O/c15-6-10-5-12(9-17-8-10)14(19)18-13-4-2-1-3-11(13)7-16/h1-5,8-9H,(H,18,19). The lowest BCUT2D eigenvalue weighted by Gasteiger charge is -2.06. The average molecular weight is 248 g/mol. The van der Waals surface area contributed by atoms with Crippen LogP contribution in [0.15, 0.2) is 42.7 Å².